The molecule has 2 aromatic carbocycles. The third kappa shape index (κ3) is 3.75. The van der Waals surface area contributed by atoms with E-state index in [1.54, 1.807) is 18.2 Å². The lowest BCUT2D eigenvalue weighted by Gasteiger charge is -2.08. The highest BCUT2D eigenvalue weighted by Gasteiger charge is 2.23. The largest absolute Gasteiger partial charge is 0.504 e. The number of carbonyl (C=O) groups is 1. The van der Waals surface area contributed by atoms with Crippen molar-refractivity contribution < 1.29 is 24.2 Å². The molecule has 0 aliphatic heterocycles. The fourth-order valence-electron chi connectivity index (χ4n) is 3.08. The lowest BCUT2D eigenvalue weighted by molar-refractivity contribution is 0.103. The zero-order valence-electron chi connectivity index (χ0n) is 15.7. The summed E-state index contributed by atoms with van der Waals surface area (Å²) in [6, 6.07) is 8.11. The number of anilines is 2. The van der Waals surface area contributed by atoms with Gasteiger partial charge in [-0.25, -0.2) is 0 Å². The fraction of sp³-hybridized carbons (Fsp3) is 0.286. The highest BCUT2D eigenvalue weighted by atomic mass is 16.5. The number of furan rings is 1. The maximum atomic E-state index is 13.2. The van der Waals surface area contributed by atoms with Gasteiger partial charge < -0.3 is 30.8 Å². The molecule has 3 rings (SSSR count). The van der Waals surface area contributed by atoms with Crippen molar-refractivity contribution in [1.29, 1.82) is 0 Å². The number of aryl methyl sites for hydroxylation is 1. The summed E-state index contributed by atoms with van der Waals surface area (Å²) in [6.45, 7) is 2.45. The zero-order valence-corrected chi connectivity index (χ0v) is 15.7. The molecule has 6 N–H and O–H groups in total. The molecule has 0 fully saturated rings. The summed E-state index contributed by atoms with van der Waals surface area (Å²) < 4.78 is 11.5. The van der Waals surface area contributed by atoms with Gasteiger partial charge in [-0.3, -0.25) is 4.79 Å². The highest BCUT2D eigenvalue weighted by molar-refractivity contribution is 6.17. The van der Waals surface area contributed by atoms with Crippen LogP contribution in [-0.2, 0) is 6.42 Å². The number of nitrogens with two attached hydrogens (primary N) is 2. The topological polar surface area (TPSA) is 132 Å². The van der Waals surface area contributed by atoms with Crippen LogP contribution >= 0.6 is 0 Å². The molecule has 0 saturated heterocycles. The van der Waals surface area contributed by atoms with Gasteiger partial charge in [0.15, 0.2) is 11.5 Å². The van der Waals surface area contributed by atoms with E-state index in [1.165, 1.54) is 12.1 Å². The predicted octanol–water partition coefficient (Wildman–Crippen LogP) is 3.25. The number of aliphatic hydroxyl groups excluding tert-OH is 1. The number of nitrogen functional groups attached to an aromatic ring is 2. The first-order valence-electron chi connectivity index (χ1n) is 9.18. The van der Waals surface area contributed by atoms with Crippen LogP contribution in [-0.4, -0.2) is 29.2 Å². The van der Waals surface area contributed by atoms with Crippen molar-refractivity contribution in [2.24, 2.45) is 0 Å². The van der Waals surface area contributed by atoms with Crippen molar-refractivity contribution in [3.05, 3.63) is 47.2 Å². The van der Waals surface area contributed by atoms with Gasteiger partial charge in [0.1, 0.15) is 17.1 Å². The van der Waals surface area contributed by atoms with Gasteiger partial charge in [-0.15, -0.1) is 0 Å². The van der Waals surface area contributed by atoms with E-state index in [9.17, 15) is 9.90 Å². The van der Waals surface area contributed by atoms with E-state index in [0.29, 0.717) is 47.5 Å². The van der Waals surface area contributed by atoms with Crippen LogP contribution in [0.1, 0.15) is 41.4 Å². The van der Waals surface area contributed by atoms with Crippen molar-refractivity contribution in [1.82, 2.24) is 0 Å². The molecule has 0 saturated carbocycles. The van der Waals surface area contributed by atoms with Gasteiger partial charge in [0.2, 0.25) is 0 Å². The number of ketones is 1. The Morgan fingerprint density at radius 2 is 1.89 bits per heavy atom. The van der Waals surface area contributed by atoms with Crippen LogP contribution in [0.25, 0.3) is 11.0 Å². The number of phenols is 1. The molecule has 0 aliphatic rings. The minimum absolute atomic E-state index is 0.0489. The van der Waals surface area contributed by atoms with Crippen molar-refractivity contribution in [3.63, 3.8) is 0 Å². The van der Waals surface area contributed by atoms with Crippen molar-refractivity contribution in [2.45, 2.75) is 26.2 Å². The summed E-state index contributed by atoms with van der Waals surface area (Å²) in [5.41, 5.74) is 12.9. The number of hydrogen-bond acceptors (Lipinski definition) is 7. The number of hydrogen-bond donors (Lipinski definition) is 4. The van der Waals surface area contributed by atoms with Gasteiger partial charge >= 0.3 is 0 Å². The molecule has 0 spiro atoms. The van der Waals surface area contributed by atoms with Gasteiger partial charge in [-0.1, -0.05) is 6.92 Å². The van der Waals surface area contributed by atoms with E-state index in [-0.39, 0.29) is 35.1 Å². The lowest BCUT2D eigenvalue weighted by Crippen LogP contribution is -2.06. The summed E-state index contributed by atoms with van der Waals surface area (Å²) in [5, 5.41) is 19.3. The zero-order chi connectivity index (χ0) is 20.3. The molecule has 28 heavy (non-hydrogen) atoms. The molecule has 1 aromatic heterocycles. The molecule has 148 valence electrons. The molecule has 0 atom stereocenters. The minimum atomic E-state index is -0.269. The summed E-state index contributed by atoms with van der Waals surface area (Å²) in [7, 11) is 0. The highest BCUT2D eigenvalue weighted by Crippen LogP contribution is 2.34. The molecule has 0 bridgehead atoms. The molecule has 7 nitrogen and oxygen atoms in total. The number of fused-ring (bicyclic) bond motifs is 1. The molecular weight excluding hydrogens is 360 g/mol. The Balaban J connectivity index is 2.05. The summed E-state index contributed by atoms with van der Waals surface area (Å²) in [6.07, 6.45) is 1.93. The number of benzene rings is 2. The Morgan fingerprint density at radius 3 is 2.54 bits per heavy atom. The average Bonchev–Trinajstić information content (AvgIpc) is 3.02. The van der Waals surface area contributed by atoms with Crippen LogP contribution in [0.4, 0.5) is 11.4 Å². The van der Waals surface area contributed by atoms with E-state index in [1.807, 2.05) is 6.92 Å². The molecule has 0 amide bonds. The Kier molecular flexibility index (Phi) is 5.75. The Hall–Kier alpha value is -3.19. The summed E-state index contributed by atoms with van der Waals surface area (Å²) >= 11 is 0. The normalized spacial score (nSPS) is 11.1. The first-order chi connectivity index (χ1) is 13.5. The van der Waals surface area contributed by atoms with Crippen molar-refractivity contribution >= 4 is 28.1 Å². The van der Waals surface area contributed by atoms with Crippen LogP contribution in [0, 0.1) is 0 Å². The van der Waals surface area contributed by atoms with Crippen LogP contribution < -0.4 is 16.2 Å². The monoisotopic (exact) mass is 384 g/mol. The Morgan fingerprint density at radius 1 is 1.18 bits per heavy atom. The average molecular weight is 384 g/mol. The van der Waals surface area contributed by atoms with Crippen molar-refractivity contribution in [3.8, 4) is 11.5 Å². The quantitative estimate of drug-likeness (QED) is 0.203. The van der Waals surface area contributed by atoms with Crippen LogP contribution in [0.5, 0.6) is 11.5 Å². The Labute approximate surface area is 162 Å². The number of phenolic OH excluding ortho intramolecular Hbond substituents is 1. The van der Waals surface area contributed by atoms with Crippen LogP contribution in [0.2, 0.25) is 0 Å². The molecular formula is C21H24N2O5. The number of carbonyl (C=O) groups excluding carboxylic acids is 1. The van der Waals surface area contributed by atoms with E-state index in [0.717, 1.165) is 6.42 Å². The lowest BCUT2D eigenvalue weighted by atomic mass is 9.97. The first-order valence-corrected chi connectivity index (χ1v) is 9.18. The summed E-state index contributed by atoms with van der Waals surface area (Å²) in [5.74, 6) is 0.691. The SMILES string of the molecule is CCCc1oc2cc(OCCCO)ccc2c1C(=O)c1cc(N)c(O)c(N)c1. The smallest absolute Gasteiger partial charge is 0.197 e. The molecule has 0 aliphatic carbocycles. The van der Waals surface area contributed by atoms with Gasteiger partial charge in [0.25, 0.3) is 0 Å². The number of ether oxygens (including phenoxy) is 1. The number of aliphatic hydroxyl groups is 1. The standard InChI is InChI=1S/C21H24N2O5/c1-2-4-17-19(20(25)12-9-15(22)21(26)16(23)10-12)14-6-5-13(11-18(14)28-17)27-8-3-7-24/h5-6,9-11,24,26H,2-4,7-8,22-23H2,1H3. The third-order valence-electron chi connectivity index (χ3n) is 4.44. The second kappa shape index (κ2) is 8.22. The second-order valence-electron chi connectivity index (χ2n) is 6.57. The number of aromatic hydroxyl groups is 1. The maximum Gasteiger partial charge on any atom is 0.197 e. The van der Waals surface area contributed by atoms with Gasteiger partial charge in [-0.05, 0) is 30.7 Å². The van der Waals surface area contributed by atoms with Gasteiger partial charge in [-0.2, -0.15) is 0 Å². The third-order valence-corrected chi connectivity index (χ3v) is 4.44. The molecule has 1 heterocycles. The van der Waals surface area contributed by atoms with E-state index in [2.05, 4.69) is 0 Å². The molecule has 7 heteroatoms. The maximum absolute atomic E-state index is 13.2. The fourth-order valence-corrected chi connectivity index (χ4v) is 3.08. The van der Waals surface area contributed by atoms with Crippen LogP contribution in [0.15, 0.2) is 34.7 Å². The first kappa shape index (κ1) is 19.6. The Bertz CT molecular complexity index is 986. The summed E-state index contributed by atoms with van der Waals surface area (Å²) in [4.78, 5) is 13.2. The van der Waals surface area contributed by atoms with Crippen LogP contribution in [0.3, 0.4) is 0 Å². The minimum Gasteiger partial charge on any atom is -0.504 e. The van der Waals surface area contributed by atoms with Gasteiger partial charge in [0, 0.05) is 36.5 Å². The molecule has 0 radical (unpaired) electrons. The number of rotatable bonds is 8. The second-order valence-corrected chi connectivity index (χ2v) is 6.57. The van der Waals surface area contributed by atoms with E-state index in [4.69, 9.17) is 25.7 Å². The molecule has 3 aromatic rings. The van der Waals surface area contributed by atoms with E-state index < -0.39 is 0 Å². The van der Waals surface area contributed by atoms with Crippen molar-refractivity contribution in [2.75, 3.05) is 24.7 Å². The van der Waals surface area contributed by atoms with E-state index >= 15 is 0 Å². The molecule has 0 unspecified atom stereocenters. The van der Waals surface area contributed by atoms with Gasteiger partial charge in [0.05, 0.1) is 23.5 Å². The predicted molar refractivity (Wildman–Crippen MR) is 108 cm³/mol.